The zero-order chi connectivity index (χ0) is 28.0. The van der Waals surface area contributed by atoms with Gasteiger partial charge in [-0.1, -0.05) is 48.3 Å². The van der Waals surface area contributed by atoms with E-state index in [-0.39, 0.29) is 12.0 Å². The standard InChI is InChI=1S/C23H38N2O9S3/c1-14(2)20(30)33-15(3)34-22(32)24-16(7-10-35-4)12-36-37-13-23(8-5-6-9-23)21(31)25-17(19(28)29)11-18(26)27/h14-17H,5-13H2,1-4H3,(H,24,32)(H,25,31)(H,26,27)(H,28,29). The number of carbonyl (C=O) groups is 5. The summed E-state index contributed by atoms with van der Waals surface area (Å²) in [6.45, 7) is 4.84. The van der Waals surface area contributed by atoms with Crippen molar-refractivity contribution in [1.29, 1.82) is 0 Å². The van der Waals surface area contributed by atoms with Gasteiger partial charge in [0.1, 0.15) is 6.04 Å². The number of nitrogens with one attached hydrogen (secondary N) is 2. The molecule has 14 heteroatoms. The molecule has 212 valence electrons. The lowest BCUT2D eigenvalue weighted by Gasteiger charge is -2.29. The summed E-state index contributed by atoms with van der Waals surface area (Å²) in [6, 6.07) is -1.70. The lowest BCUT2D eigenvalue weighted by atomic mass is 9.87. The number of alkyl carbamates (subject to hydrolysis) is 1. The van der Waals surface area contributed by atoms with Crippen LogP contribution < -0.4 is 10.6 Å². The first kappa shape index (κ1) is 33.2. The molecule has 1 fully saturated rings. The molecule has 1 rings (SSSR count). The molecule has 1 saturated carbocycles. The number of rotatable bonds is 17. The van der Waals surface area contributed by atoms with Crippen LogP contribution in [0.25, 0.3) is 0 Å². The van der Waals surface area contributed by atoms with Gasteiger partial charge in [0.25, 0.3) is 0 Å². The van der Waals surface area contributed by atoms with Crippen molar-refractivity contribution < 1.29 is 43.7 Å². The summed E-state index contributed by atoms with van der Waals surface area (Å²) < 4.78 is 10.2. The van der Waals surface area contributed by atoms with Gasteiger partial charge in [-0.05, 0) is 31.3 Å². The van der Waals surface area contributed by atoms with Crippen molar-refractivity contribution in [3.63, 3.8) is 0 Å². The first-order valence-corrected chi connectivity index (χ1v) is 15.9. The van der Waals surface area contributed by atoms with Crippen LogP contribution in [0.15, 0.2) is 0 Å². The van der Waals surface area contributed by atoms with Gasteiger partial charge in [-0.25, -0.2) is 9.59 Å². The number of hydrogen-bond donors (Lipinski definition) is 4. The van der Waals surface area contributed by atoms with Crippen molar-refractivity contribution in [2.24, 2.45) is 11.3 Å². The molecular weight excluding hydrogens is 544 g/mol. The normalized spacial score (nSPS) is 16.9. The molecule has 1 aliphatic rings. The van der Waals surface area contributed by atoms with Crippen molar-refractivity contribution in [3.8, 4) is 0 Å². The molecule has 0 radical (unpaired) electrons. The molecule has 0 saturated heterocycles. The Morgan fingerprint density at radius 3 is 2.16 bits per heavy atom. The van der Waals surface area contributed by atoms with Gasteiger partial charge in [0.05, 0.1) is 17.8 Å². The molecule has 0 aromatic carbocycles. The third-order valence-corrected chi connectivity index (χ3v) is 9.01. The maximum Gasteiger partial charge on any atom is 0.410 e. The first-order valence-electron chi connectivity index (χ1n) is 12.1. The van der Waals surface area contributed by atoms with Gasteiger partial charge in [0.15, 0.2) is 0 Å². The molecule has 4 N–H and O–H groups in total. The zero-order valence-corrected chi connectivity index (χ0v) is 24.1. The Hall–Kier alpha value is -1.80. The van der Waals surface area contributed by atoms with E-state index in [9.17, 15) is 29.1 Å². The molecular formula is C23H38N2O9S3. The Morgan fingerprint density at radius 1 is 0.973 bits per heavy atom. The van der Waals surface area contributed by atoms with Gasteiger partial charge < -0.3 is 30.3 Å². The minimum absolute atomic E-state index is 0.217. The molecule has 0 heterocycles. The van der Waals surface area contributed by atoms with Crippen molar-refractivity contribution in [1.82, 2.24) is 10.6 Å². The van der Waals surface area contributed by atoms with Crippen LogP contribution >= 0.6 is 33.3 Å². The molecule has 3 atom stereocenters. The van der Waals surface area contributed by atoms with Gasteiger partial charge in [-0.15, -0.1) is 0 Å². The van der Waals surface area contributed by atoms with Crippen LogP contribution in [0.3, 0.4) is 0 Å². The number of carbonyl (C=O) groups excluding carboxylic acids is 3. The number of ether oxygens (including phenoxy) is 2. The predicted molar refractivity (Wildman–Crippen MR) is 144 cm³/mol. The van der Waals surface area contributed by atoms with E-state index in [0.29, 0.717) is 30.8 Å². The molecule has 11 nitrogen and oxygen atoms in total. The van der Waals surface area contributed by atoms with E-state index in [2.05, 4.69) is 10.6 Å². The number of carboxylic acids is 2. The van der Waals surface area contributed by atoms with E-state index in [1.54, 1.807) is 25.6 Å². The van der Waals surface area contributed by atoms with Crippen LogP contribution in [-0.4, -0.2) is 82.0 Å². The summed E-state index contributed by atoms with van der Waals surface area (Å²) in [5, 5.41) is 23.4. The van der Waals surface area contributed by atoms with E-state index in [1.165, 1.54) is 28.5 Å². The highest BCUT2D eigenvalue weighted by molar-refractivity contribution is 8.76. The summed E-state index contributed by atoms with van der Waals surface area (Å²) >= 11 is 1.64. The fourth-order valence-electron chi connectivity index (χ4n) is 3.59. The number of aliphatic carboxylic acids is 2. The summed E-state index contributed by atoms with van der Waals surface area (Å²) in [6.07, 6.45) is 3.11. The van der Waals surface area contributed by atoms with E-state index in [4.69, 9.17) is 14.6 Å². The van der Waals surface area contributed by atoms with Gasteiger partial charge in [-0.3, -0.25) is 14.4 Å². The SMILES string of the molecule is CSCCC(CSSCC1(C(=O)NC(CC(=O)O)C(=O)O)CCCC1)NC(=O)OC(C)OC(=O)C(C)C. The van der Waals surface area contributed by atoms with E-state index >= 15 is 0 Å². The zero-order valence-electron chi connectivity index (χ0n) is 21.7. The molecule has 3 unspecified atom stereocenters. The van der Waals surface area contributed by atoms with Crippen molar-refractivity contribution in [3.05, 3.63) is 0 Å². The molecule has 0 aliphatic heterocycles. The Bertz CT molecular complexity index is 791. The Labute approximate surface area is 229 Å². The smallest absolute Gasteiger partial charge is 0.410 e. The third kappa shape index (κ3) is 12.5. The van der Waals surface area contributed by atoms with E-state index in [0.717, 1.165) is 18.6 Å². The van der Waals surface area contributed by atoms with Crippen molar-refractivity contribution in [2.45, 2.75) is 77.7 Å². The minimum Gasteiger partial charge on any atom is -0.481 e. The summed E-state index contributed by atoms with van der Waals surface area (Å²) in [5.74, 6) is -2.14. The van der Waals surface area contributed by atoms with Gasteiger partial charge >= 0.3 is 24.0 Å². The number of hydrogen-bond acceptors (Lipinski definition) is 10. The van der Waals surface area contributed by atoms with Crippen molar-refractivity contribution >= 4 is 63.3 Å². The molecule has 1 aliphatic carbocycles. The maximum atomic E-state index is 13.0. The van der Waals surface area contributed by atoms with Gasteiger partial charge in [0, 0.05) is 24.5 Å². The summed E-state index contributed by atoms with van der Waals surface area (Å²) in [4.78, 5) is 59.3. The fraction of sp³-hybridized carbons (Fsp3) is 0.783. The predicted octanol–water partition coefficient (Wildman–Crippen LogP) is 3.37. The van der Waals surface area contributed by atoms with Crippen LogP contribution in [0.2, 0.25) is 0 Å². The summed E-state index contributed by atoms with van der Waals surface area (Å²) in [7, 11) is 2.95. The van der Waals surface area contributed by atoms with Crippen LogP contribution in [0.4, 0.5) is 4.79 Å². The highest BCUT2D eigenvalue weighted by Gasteiger charge is 2.42. The van der Waals surface area contributed by atoms with Gasteiger partial charge in [0.2, 0.25) is 12.2 Å². The quantitative estimate of drug-likeness (QED) is 0.0855. The van der Waals surface area contributed by atoms with E-state index in [1.807, 2.05) is 6.26 Å². The highest BCUT2D eigenvalue weighted by Crippen LogP contribution is 2.43. The average Bonchev–Trinajstić information content (AvgIpc) is 3.29. The lowest BCUT2D eigenvalue weighted by molar-refractivity contribution is -0.168. The number of thioether (sulfide) groups is 1. The molecule has 0 spiro atoms. The second-order valence-corrected chi connectivity index (χ2v) is 12.7. The van der Waals surface area contributed by atoms with Crippen LogP contribution in [0, 0.1) is 11.3 Å². The van der Waals surface area contributed by atoms with E-state index < -0.39 is 54.1 Å². The molecule has 0 aromatic rings. The lowest BCUT2D eigenvalue weighted by Crippen LogP contribution is -2.49. The molecule has 0 bridgehead atoms. The highest BCUT2D eigenvalue weighted by atomic mass is 33.1. The number of amides is 2. The first-order chi connectivity index (χ1) is 17.4. The minimum atomic E-state index is -1.48. The monoisotopic (exact) mass is 582 g/mol. The summed E-state index contributed by atoms with van der Waals surface area (Å²) in [5.41, 5.74) is -0.763. The third-order valence-electron chi connectivity index (χ3n) is 5.73. The largest absolute Gasteiger partial charge is 0.481 e. The second kappa shape index (κ2) is 16.9. The van der Waals surface area contributed by atoms with Crippen LogP contribution in [-0.2, 0) is 28.7 Å². The topological polar surface area (TPSA) is 168 Å². The fourth-order valence-corrected chi connectivity index (χ4v) is 7.06. The van der Waals surface area contributed by atoms with Crippen molar-refractivity contribution in [2.75, 3.05) is 23.5 Å². The molecule has 2 amide bonds. The number of carboxylic acid groups (broad SMARTS) is 2. The van der Waals surface area contributed by atoms with Crippen LogP contribution in [0.5, 0.6) is 0 Å². The molecule has 37 heavy (non-hydrogen) atoms. The Balaban J connectivity index is 2.64. The molecule has 0 aromatic heterocycles. The second-order valence-electron chi connectivity index (χ2n) is 9.18. The maximum absolute atomic E-state index is 13.0. The van der Waals surface area contributed by atoms with Crippen LogP contribution in [0.1, 0.15) is 59.3 Å². The number of esters is 1. The average molecular weight is 583 g/mol. The Kier molecular flexibility index (Phi) is 15.2. The van der Waals surface area contributed by atoms with Gasteiger partial charge in [-0.2, -0.15) is 11.8 Å². The Morgan fingerprint density at radius 2 is 1.62 bits per heavy atom.